The van der Waals surface area contributed by atoms with Gasteiger partial charge in [0.25, 0.3) is 0 Å². The molecule has 0 aliphatic heterocycles. The van der Waals surface area contributed by atoms with E-state index in [-0.39, 0.29) is 18.9 Å². The summed E-state index contributed by atoms with van der Waals surface area (Å²) in [5, 5.41) is 6.70. The highest BCUT2D eigenvalue weighted by molar-refractivity contribution is 5.78. The second-order valence-corrected chi connectivity index (χ2v) is 7.67. The van der Waals surface area contributed by atoms with Crippen molar-refractivity contribution in [2.45, 2.75) is 65.3 Å². The SMILES string of the molecule is CN[C@@H](CC(=O)NN(C)CC(=O)OC(C)(C)C)NC(=O)OC(C)(C)C. The maximum Gasteiger partial charge on any atom is 0.408 e. The zero-order chi connectivity index (χ0) is 19.8. The van der Waals surface area contributed by atoms with Crippen LogP contribution < -0.4 is 16.1 Å². The zero-order valence-electron chi connectivity index (χ0n) is 16.5. The average Bonchev–Trinajstić information content (AvgIpc) is 2.32. The van der Waals surface area contributed by atoms with Crippen LogP contribution in [0.2, 0.25) is 0 Å². The minimum absolute atomic E-state index is 0.0333. The summed E-state index contributed by atoms with van der Waals surface area (Å²) in [6, 6.07) is 0. The maximum absolute atomic E-state index is 12.0. The normalized spacial score (nSPS) is 13.2. The maximum atomic E-state index is 12.0. The topological polar surface area (TPSA) is 109 Å². The van der Waals surface area contributed by atoms with E-state index in [1.165, 1.54) is 5.01 Å². The number of hydrogen-bond acceptors (Lipinski definition) is 7. The lowest BCUT2D eigenvalue weighted by molar-refractivity contribution is -0.156. The number of ether oxygens (including phenoxy) is 2. The standard InChI is InChI=1S/C16H32N4O5/c1-15(2,3)24-13(22)10-20(8)19-12(21)9-11(17-7)18-14(23)25-16(4,5)6/h11,17H,9-10H2,1-8H3,(H,18,23)(H,19,21)/t11-/m1/s1. The predicted octanol–water partition coefficient (Wildman–Crippen LogP) is 0.751. The van der Waals surface area contributed by atoms with E-state index in [2.05, 4.69) is 16.1 Å². The molecule has 0 unspecified atom stereocenters. The average molecular weight is 360 g/mol. The van der Waals surface area contributed by atoms with E-state index in [9.17, 15) is 14.4 Å². The molecule has 9 heteroatoms. The molecule has 1 atom stereocenters. The van der Waals surface area contributed by atoms with Gasteiger partial charge in [-0.2, -0.15) is 0 Å². The number of esters is 1. The summed E-state index contributed by atoms with van der Waals surface area (Å²) in [5.74, 6) is -0.825. The van der Waals surface area contributed by atoms with Gasteiger partial charge in [-0.3, -0.25) is 20.3 Å². The monoisotopic (exact) mass is 360 g/mol. The van der Waals surface area contributed by atoms with E-state index in [4.69, 9.17) is 9.47 Å². The molecule has 0 fully saturated rings. The van der Waals surface area contributed by atoms with Gasteiger partial charge in [0.1, 0.15) is 17.7 Å². The first kappa shape index (κ1) is 23.1. The highest BCUT2D eigenvalue weighted by Gasteiger charge is 2.22. The van der Waals surface area contributed by atoms with Crippen LogP contribution in [-0.2, 0) is 19.1 Å². The van der Waals surface area contributed by atoms with Crippen molar-refractivity contribution in [3.05, 3.63) is 0 Å². The molecule has 0 saturated heterocycles. The van der Waals surface area contributed by atoms with Gasteiger partial charge >= 0.3 is 12.1 Å². The minimum Gasteiger partial charge on any atom is -0.459 e. The predicted molar refractivity (Wildman–Crippen MR) is 93.5 cm³/mol. The number of rotatable bonds is 7. The van der Waals surface area contributed by atoms with Gasteiger partial charge in [-0.1, -0.05) is 0 Å². The van der Waals surface area contributed by atoms with Crippen molar-refractivity contribution in [1.82, 2.24) is 21.1 Å². The van der Waals surface area contributed by atoms with Crippen LogP contribution in [0.5, 0.6) is 0 Å². The molecule has 25 heavy (non-hydrogen) atoms. The number of hydrogen-bond donors (Lipinski definition) is 3. The molecule has 0 bridgehead atoms. The first-order valence-electron chi connectivity index (χ1n) is 8.11. The highest BCUT2D eigenvalue weighted by atomic mass is 16.6. The molecular formula is C16H32N4O5. The van der Waals surface area contributed by atoms with Crippen LogP contribution in [0.3, 0.4) is 0 Å². The molecule has 0 spiro atoms. The van der Waals surface area contributed by atoms with E-state index >= 15 is 0 Å². The zero-order valence-corrected chi connectivity index (χ0v) is 16.5. The number of hydrazine groups is 1. The number of likely N-dealkylation sites (N-methyl/N-ethyl adjacent to an activating group) is 1. The lowest BCUT2D eigenvalue weighted by atomic mass is 10.2. The molecule has 2 amide bonds. The van der Waals surface area contributed by atoms with Crippen LogP contribution in [0.4, 0.5) is 4.79 Å². The van der Waals surface area contributed by atoms with Gasteiger partial charge in [-0.25, -0.2) is 9.80 Å². The van der Waals surface area contributed by atoms with Gasteiger partial charge in [-0.15, -0.1) is 0 Å². The molecule has 0 aliphatic rings. The Hall–Kier alpha value is -1.87. The third kappa shape index (κ3) is 13.1. The molecule has 0 aromatic heterocycles. The third-order valence-electron chi connectivity index (χ3n) is 2.53. The molecule has 9 nitrogen and oxygen atoms in total. The van der Waals surface area contributed by atoms with E-state index in [0.29, 0.717) is 0 Å². The summed E-state index contributed by atoms with van der Waals surface area (Å²) in [5.41, 5.74) is 1.33. The second-order valence-electron chi connectivity index (χ2n) is 7.67. The van der Waals surface area contributed by atoms with Crippen LogP contribution in [-0.4, -0.2) is 61.0 Å². The van der Waals surface area contributed by atoms with Crippen molar-refractivity contribution in [1.29, 1.82) is 0 Å². The summed E-state index contributed by atoms with van der Waals surface area (Å²) in [6.45, 7) is 10.5. The Balaban J connectivity index is 4.36. The molecule has 0 heterocycles. The van der Waals surface area contributed by atoms with Crippen molar-refractivity contribution < 1.29 is 23.9 Å². The van der Waals surface area contributed by atoms with Crippen LogP contribution in [0.1, 0.15) is 48.0 Å². The number of nitrogens with one attached hydrogen (secondary N) is 3. The van der Waals surface area contributed by atoms with Gasteiger partial charge in [0.2, 0.25) is 5.91 Å². The van der Waals surface area contributed by atoms with Crippen molar-refractivity contribution in [2.24, 2.45) is 0 Å². The smallest absolute Gasteiger partial charge is 0.408 e. The molecule has 0 aromatic rings. The lowest BCUT2D eigenvalue weighted by Gasteiger charge is -2.25. The van der Waals surface area contributed by atoms with Gasteiger partial charge in [0.15, 0.2) is 0 Å². The number of carbonyl (C=O) groups is 3. The van der Waals surface area contributed by atoms with Crippen molar-refractivity contribution in [3.63, 3.8) is 0 Å². The van der Waals surface area contributed by atoms with Crippen LogP contribution in [0.25, 0.3) is 0 Å². The summed E-state index contributed by atoms with van der Waals surface area (Å²) in [7, 11) is 3.16. The largest absolute Gasteiger partial charge is 0.459 e. The molecule has 0 aliphatic carbocycles. The Morgan fingerprint density at radius 2 is 1.52 bits per heavy atom. The summed E-state index contributed by atoms with van der Waals surface area (Å²) < 4.78 is 10.3. The Bertz CT molecular complexity index is 468. The Morgan fingerprint density at radius 1 is 1.00 bits per heavy atom. The summed E-state index contributed by atoms with van der Waals surface area (Å²) in [4.78, 5) is 35.5. The number of carbonyl (C=O) groups excluding carboxylic acids is 3. The van der Waals surface area contributed by atoms with Crippen molar-refractivity contribution >= 4 is 18.0 Å². The van der Waals surface area contributed by atoms with Gasteiger partial charge in [0, 0.05) is 7.05 Å². The third-order valence-corrected chi connectivity index (χ3v) is 2.53. The minimum atomic E-state index is -0.627. The first-order chi connectivity index (χ1) is 11.2. The molecule has 3 N–H and O–H groups in total. The Kier molecular flexibility index (Phi) is 8.86. The fraction of sp³-hybridized carbons (Fsp3) is 0.812. The van der Waals surface area contributed by atoms with E-state index in [0.717, 1.165) is 0 Å². The molecular weight excluding hydrogens is 328 g/mol. The fourth-order valence-electron chi connectivity index (χ4n) is 1.73. The lowest BCUT2D eigenvalue weighted by Crippen LogP contribution is -2.50. The van der Waals surface area contributed by atoms with Gasteiger partial charge in [-0.05, 0) is 48.6 Å². The summed E-state index contributed by atoms with van der Waals surface area (Å²) in [6.07, 6.45) is -1.26. The summed E-state index contributed by atoms with van der Waals surface area (Å²) >= 11 is 0. The Labute approximate surface area is 149 Å². The number of amides is 2. The van der Waals surface area contributed by atoms with E-state index in [1.807, 2.05) is 0 Å². The molecule has 0 radical (unpaired) electrons. The van der Waals surface area contributed by atoms with E-state index in [1.54, 1.807) is 55.6 Å². The highest BCUT2D eigenvalue weighted by Crippen LogP contribution is 2.07. The molecule has 0 saturated carbocycles. The second kappa shape index (κ2) is 9.57. The van der Waals surface area contributed by atoms with Gasteiger partial charge in [0.05, 0.1) is 12.6 Å². The van der Waals surface area contributed by atoms with Crippen LogP contribution in [0, 0.1) is 0 Å². The number of alkyl carbamates (subject to hydrolysis) is 1. The quantitative estimate of drug-likeness (QED) is 0.349. The van der Waals surface area contributed by atoms with E-state index < -0.39 is 29.4 Å². The molecule has 0 rings (SSSR count). The van der Waals surface area contributed by atoms with Crippen molar-refractivity contribution in [3.8, 4) is 0 Å². The molecule has 0 aromatic carbocycles. The van der Waals surface area contributed by atoms with Gasteiger partial charge < -0.3 is 14.8 Å². The molecule has 146 valence electrons. The van der Waals surface area contributed by atoms with Crippen LogP contribution in [0.15, 0.2) is 0 Å². The van der Waals surface area contributed by atoms with Crippen molar-refractivity contribution in [2.75, 3.05) is 20.6 Å². The Morgan fingerprint density at radius 3 is 1.96 bits per heavy atom. The van der Waals surface area contributed by atoms with Crippen LogP contribution >= 0.6 is 0 Å². The fourth-order valence-corrected chi connectivity index (χ4v) is 1.73. The first-order valence-corrected chi connectivity index (χ1v) is 8.11. The number of nitrogens with zero attached hydrogens (tertiary/aromatic N) is 1.